The number of ether oxygens (including phenoxy) is 3. The third-order valence-electron chi connectivity index (χ3n) is 7.80. The smallest absolute Gasteiger partial charge is 0.172 e. The lowest BCUT2D eigenvalue weighted by molar-refractivity contribution is -0.158. The fourth-order valence-corrected chi connectivity index (χ4v) is 5.97. The molecule has 0 bridgehead atoms. The molecule has 3 heterocycles. The van der Waals surface area contributed by atoms with E-state index in [0.29, 0.717) is 25.3 Å². The van der Waals surface area contributed by atoms with Crippen LogP contribution in [0, 0.1) is 0 Å². The van der Waals surface area contributed by atoms with Gasteiger partial charge < -0.3 is 19.5 Å². The second-order valence-electron chi connectivity index (χ2n) is 9.80. The number of benzene rings is 1. The molecule has 7 heteroatoms. The van der Waals surface area contributed by atoms with E-state index < -0.39 is 5.79 Å². The first-order valence-corrected chi connectivity index (χ1v) is 12.6. The zero-order valence-electron chi connectivity index (χ0n) is 19.3. The zero-order valence-corrected chi connectivity index (χ0v) is 19.3. The Balaban J connectivity index is 1.17. The van der Waals surface area contributed by atoms with Crippen LogP contribution in [-0.4, -0.2) is 72.3 Å². The number of hydrogen-bond acceptors (Lipinski definition) is 7. The Bertz CT molecular complexity index is 1010. The van der Waals surface area contributed by atoms with Crippen LogP contribution >= 0.6 is 0 Å². The van der Waals surface area contributed by atoms with Crippen molar-refractivity contribution in [3.05, 3.63) is 36.2 Å². The van der Waals surface area contributed by atoms with Crippen LogP contribution in [0.1, 0.15) is 50.5 Å². The first-order valence-electron chi connectivity index (χ1n) is 12.6. The minimum Gasteiger partial charge on any atom is -0.379 e. The highest BCUT2D eigenvalue weighted by atomic mass is 16.7. The third-order valence-corrected chi connectivity index (χ3v) is 7.80. The Morgan fingerprint density at radius 3 is 2.61 bits per heavy atom. The molecule has 33 heavy (non-hydrogen) atoms. The van der Waals surface area contributed by atoms with Gasteiger partial charge in [-0.1, -0.05) is 12.1 Å². The summed E-state index contributed by atoms with van der Waals surface area (Å²) in [5.41, 5.74) is 3.50. The van der Waals surface area contributed by atoms with E-state index in [4.69, 9.17) is 14.2 Å². The molecule has 2 saturated heterocycles. The highest BCUT2D eigenvalue weighted by Crippen LogP contribution is 2.40. The number of morpholine rings is 1. The second kappa shape index (κ2) is 9.29. The summed E-state index contributed by atoms with van der Waals surface area (Å²) in [5, 5.41) is 4.86. The third kappa shape index (κ3) is 4.52. The molecule has 4 aliphatic rings. The summed E-state index contributed by atoms with van der Waals surface area (Å²) >= 11 is 0. The number of nitrogens with one attached hydrogen (secondary N) is 1. The fourth-order valence-electron chi connectivity index (χ4n) is 5.97. The second-order valence-corrected chi connectivity index (χ2v) is 9.80. The van der Waals surface area contributed by atoms with Gasteiger partial charge in [-0.2, -0.15) is 0 Å². The highest BCUT2D eigenvalue weighted by molar-refractivity contribution is 5.91. The van der Waals surface area contributed by atoms with Gasteiger partial charge in [0.2, 0.25) is 0 Å². The van der Waals surface area contributed by atoms with Gasteiger partial charge in [-0.25, -0.2) is 9.97 Å². The van der Waals surface area contributed by atoms with E-state index in [1.807, 2.05) is 0 Å². The molecule has 2 aliphatic heterocycles. The molecule has 0 atom stereocenters. The summed E-state index contributed by atoms with van der Waals surface area (Å²) < 4.78 is 17.5. The van der Waals surface area contributed by atoms with Crippen molar-refractivity contribution in [1.82, 2.24) is 14.9 Å². The van der Waals surface area contributed by atoms with Crippen LogP contribution in [0.4, 0.5) is 5.82 Å². The quantitative estimate of drug-likeness (QED) is 0.755. The van der Waals surface area contributed by atoms with Crippen molar-refractivity contribution in [2.45, 2.75) is 62.8 Å². The Morgan fingerprint density at radius 2 is 1.79 bits per heavy atom. The van der Waals surface area contributed by atoms with E-state index in [2.05, 4.69) is 44.5 Å². The summed E-state index contributed by atoms with van der Waals surface area (Å²) in [7, 11) is 0. The number of rotatable bonds is 4. The molecule has 2 aromatic rings. The average molecular weight is 451 g/mol. The molecule has 0 unspecified atom stereocenters. The van der Waals surface area contributed by atoms with E-state index in [1.165, 1.54) is 36.8 Å². The van der Waals surface area contributed by atoms with Gasteiger partial charge in [-0.15, -0.1) is 0 Å². The molecule has 3 fully saturated rings. The van der Waals surface area contributed by atoms with Crippen molar-refractivity contribution in [3.63, 3.8) is 0 Å². The van der Waals surface area contributed by atoms with Crippen LogP contribution in [0.25, 0.3) is 16.5 Å². The van der Waals surface area contributed by atoms with Crippen molar-refractivity contribution >= 4 is 22.3 Å². The van der Waals surface area contributed by atoms with Crippen LogP contribution in [0.2, 0.25) is 0 Å². The molecular formula is C26H34N4O3. The predicted molar refractivity (Wildman–Crippen MR) is 128 cm³/mol. The molecule has 0 radical (unpaired) electrons. The van der Waals surface area contributed by atoms with Crippen molar-refractivity contribution in [1.29, 1.82) is 0 Å². The standard InChI is InChI=1S/C26H34N4O3/c1-2-20(17-26(9-1)32-14-15-33-26)19-3-8-24-23(16-19)25(28-18-27-24)29-21-4-6-22(7-5-21)30-10-12-31-13-11-30/h2-3,8,16,18,21-22H,1,4-7,9-15,17H2,(H,27,28,29). The molecular weight excluding hydrogens is 416 g/mol. The normalized spacial score (nSPS) is 28.2. The molecule has 2 aliphatic carbocycles. The molecule has 1 saturated carbocycles. The lowest BCUT2D eigenvalue weighted by Crippen LogP contribution is -2.46. The molecule has 0 amide bonds. The minimum atomic E-state index is -0.424. The Hall–Kier alpha value is -2.06. The van der Waals surface area contributed by atoms with Gasteiger partial charge >= 0.3 is 0 Å². The summed E-state index contributed by atoms with van der Waals surface area (Å²) in [6.07, 6.45) is 11.6. The van der Waals surface area contributed by atoms with Crippen LogP contribution in [-0.2, 0) is 14.2 Å². The molecule has 1 spiro atoms. The maximum atomic E-state index is 5.99. The Morgan fingerprint density at radius 1 is 0.970 bits per heavy atom. The minimum absolute atomic E-state index is 0.424. The summed E-state index contributed by atoms with van der Waals surface area (Å²) in [6, 6.07) is 7.70. The number of hydrogen-bond donors (Lipinski definition) is 1. The molecule has 6 rings (SSSR count). The Kier molecular flexibility index (Phi) is 6.05. The summed E-state index contributed by atoms with van der Waals surface area (Å²) in [4.78, 5) is 11.8. The van der Waals surface area contributed by atoms with Gasteiger partial charge in [-0.05, 0) is 55.4 Å². The first kappa shape index (κ1) is 21.5. The van der Waals surface area contributed by atoms with Crippen molar-refractivity contribution in [2.75, 3.05) is 44.8 Å². The number of fused-ring (bicyclic) bond motifs is 1. The van der Waals surface area contributed by atoms with E-state index in [9.17, 15) is 0 Å². The van der Waals surface area contributed by atoms with Crippen LogP contribution in [0.5, 0.6) is 0 Å². The van der Waals surface area contributed by atoms with Crippen molar-refractivity contribution in [3.8, 4) is 0 Å². The highest BCUT2D eigenvalue weighted by Gasteiger charge is 2.39. The first-order chi connectivity index (χ1) is 16.3. The number of anilines is 1. The number of nitrogens with zero attached hydrogens (tertiary/aromatic N) is 3. The monoisotopic (exact) mass is 450 g/mol. The van der Waals surface area contributed by atoms with Crippen molar-refractivity contribution < 1.29 is 14.2 Å². The van der Waals surface area contributed by atoms with Crippen LogP contribution in [0.15, 0.2) is 30.6 Å². The fraction of sp³-hybridized carbons (Fsp3) is 0.615. The lowest BCUT2D eigenvalue weighted by atomic mass is 9.88. The molecule has 1 N–H and O–H groups in total. The van der Waals surface area contributed by atoms with E-state index in [-0.39, 0.29) is 0 Å². The van der Waals surface area contributed by atoms with Crippen molar-refractivity contribution in [2.24, 2.45) is 0 Å². The van der Waals surface area contributed by atoms with Crippen LogP contribution in [0.3, 0.4) is 0 Å². The van der Waals surface area contributed by atoms with E-state index in [1.54, 1.807) is 6.33 Å². The largest absolute Gasteiger partial charge is 0.379 e. The van der Waals surface area contributed by atoms with E-state index in [0.717, 1.165) is 62.3 Å². The van der Waals surface area contributed by atoms with Crippen LogP contribution < -0.4 is 5.32 Å². The maximum absolute atomic E-state index is 5.99. The number of allylic oxidation sites excluding steroid dienone is 1. The number of aromatic nitrogens is 2. The molecule has 176 valence electrons. The summed E-state index contributed by atoms with van der Waals surface area (Å²) in [5.74, 6) is 0.531. The SMILES string of the molecule is C1=C(c2ccc3ncnc(NC4CCC(N5CCOCC5)CC4)c3c2)CC2(CC1)OCCO2. The van der Waals surface area contributed by atoms with Gasteiger partial charge in [0.1, 0.15) is 12.1 Å². The lowest BCUT2D eigenvalue weighted by Gasteiger charge is -2.39. The maximum Gasteiger partial charge on any atom is 0.172 e. The zero-order chi connectivity index (χ0) is 22.1. The van der Waals surface area contributed by atoms with Gasteiger partial charge in [0.15, 0.2) is 5.79 Å². The molecule has 1 aromatic carbocycles. The predicted octanol–water partition coefficient (Wildman–Crippen LogP) is 4.00. The molecule has 7 nitrogen and oxygen atoms in total. The molecule has 1 aromatic heterocycles. The van der Waals surface area contributed by atoms with Gasteiger partial charge in [0.05, 0.1) is 31.9 Å². The van der Waals surface area contributed by atoms with Gasteiger partial charge in [0.25, 0.3) is 0 Å². The van der Waals surface area contributed by atoms with Gasteiger partial charge in [-0.3, -0.25) is 4.90 Å². The average Bonchev–Trinajstić information content (AvgIpc) is 3.32. The summed E-state index contributed by atoms with van der Waals surface area (Å²) in [6.45, 7) is 5.30. The Labute approximate surface area is 195 Å². The van der Waals surface area contributed by atoms with Gasteiger partial charge in [0, 0.05) is 43.4 Å². The van der Waals surface area contributed by atoms with E-state index >= 15 is 0 Å². The topological polar surface area (TPSA) is 68.7 Å².